The molecule has 2 heterocycles. The molecule has 10 aromatic rings. The minimum atomic E-state index is 0.635. The van der Waals surface area contributed by atoms with Crippen LogP contribution in [0.15, 0.2) is 180 Å². The molecular weight excluding hydrogens is 623 g/mol. The first-order valence-electron chi connectivity index (χ1n) is 17.1. The van der Waals surface area contributed by atoms with E-state index in [1.54, 1.807) is 0 Å². The number of aromatic nitrogens is 3. The molecule has 0 amide bonds. The Labute approximate surface area is 294 Å². The number of fused-ring (bicyclic) bond motifs is 5. The molecule has 4 heteroatoms. The lowest BCUT2D eigenvalue weighted by atomic mass is 9.87. The molecular formula is C47H29N3O. The van der Waals surface area contributed by atoms with E-state index in [9.17, 15) is 0 Å². The molecule has 10 rings (SSSR count). The predicted octanol–water partition coefficient (Wildman–Crippen LogP) is 12.4. The van der Waals surface area contributed by atoms with Gasteiger partial charge in [0.25, 0.3) is 0 Å². The minimum absolute atomic E-state index is 0.635. The van der Waals surface area contributed by atoms with Gasteiger partial charge in [0.1, 0.15) is 11.2 Å². The zero-order valence-corrected chi connectivity index (χ0v) is 27.5. The zero-order valence-electron chi connectivity index (χ0n) is 27.5. The fourth-order valence-electron chi connectivity index (χ4n) is 7.32. The summed E-state index contributed by atoms with van der Waals surface area (Å²) in [6.45, 7) is 0. The lowest BCUT2D eigenvalue weighted by Crippen LogP contribution is -2.00. The molecule has 0 aliphatic rings. The van der Waals surface area contributed by atoms with Crippen LogP contribution in [0, 0.1) is 0 Å². The first-order chi connectivity index (χ1) is 25.3. The molecule has 0 saturated carbocycles. The summed E-state index contributed by atoms with van der Waals surface area (Å²) in [6, 6.07) is 61.0. The second kappa shape index (κ2) is 11.9. The average molecular weight is 652 g/mol. The van der Waals surface area contributed by atoms with Crippen molar-refractivity contribution in [1.29, 1.82) is 0 Å². The third-order valence-electron chi connectivity index (χ3n) is 9.69. The van der Waals surface area contributed by atoms with Gasteiger partial charge in [0.2, 0.25) is 0 Å². The Morgan fingerprint density at radius 1 is 0.333 bits per heavy atom. The highest BCUT2D eigenvalue weighted by Gasteiger charge is 2.22. The van der Waals surface area contributed by atoms with E-state index in [0.29, 0.717) is 17.5 Å². The maximum Gasteiger partial charge on any atom is 0.164 e. The summed E-state index contributed by atoms with van der Waals surface area (Å²) in [4.78, 5) is 14.9. The Kier molecular flexibility index (Phi) is 6.78. The third-order valence-corrected chi connectivity index (χ3v) is 9.69. The molecule has 0 saturated heterocycles. The summed E-state index contributed by atoms with van der Waals surface area (Å²) in [5.41, 5.74) is 9.14. The Morgan fingerprint density at radius 3 is 1.43 bits per heavy atom. The van der Waals surface area contributed by atoms with Gasteiger partial charge in [0.05, 0.1) is 0 Å². The fourth-order valence-corrected chi connectivity index (χ4v) is 7.32. The van der Waals surface area contributed by atoms with Crippen molar-refractivity contribution in [2.45, 2.75) is 0 Å². The van der Waals surface area contributed by atoms with Crippen LogP contribution >= 0.6 is 0 Å². The molecule has 2 aromatic heterocycles. The van der Waals surface area contributed by atoms with E-state index >= 15 is 0 Å². The summed E-state index contributed by atoms with van der Waals surface area (Å²) in [6.07, 6.45) is 0. The Bertz CT molecular complexity index is 2840. The second-order valence-electron chi connectivity index (χ2n) is 12.8. The SMILES string of the molecule is c1ccc(-c2nc(-c3ccccc3)nc(-c3ccc4ccc(-c5c6ccccc6c(-c6ccccc6)c6oc7ccccc7c56)cc4c3)n2)cc1. The van der Waals surface area contributed by atoms with E-state index < -0.39 is 0 Å². The van der Waals surface area contributed by atoms with Crippen molar-refractivity contribution in [3.63, 3.8) is 0 Å². The Morgan fingerprint density at radius 2 is 0.804 bits per heavy atom. The molecule has 0 unspecified atom stereocenters. The van der Waals surface area contributed by atoms with Crippen LogP contribution in [0.1, 0.15) is 0 Å². The van der Waals surface area contributed by atoms with Gasteiger partial charge in [-0.15, -0.1) is 0 Å². The van der Waals surface area contributed by atoms with E-state index in [1.165, 1.54) is 5.39 Å². The summed E-state index contributed by atoms with van der Waals surface area (Å²) in [5.74, 6) is 1.93. The van der Waals surface area contributed by atoms with Gasteiger partial charge in [0, 0.05) is 38.6 Å². The van der Waals surface area contributed by atoms with Crippen LogP contribution in [0.4, 0.5) is 0 Å². The number of hydrogen-bond acceptors (Lipinski definition) is 4. The summed E-state index contributed by atoms with van der Waals surface area (Å²) in [5, 5.41) is 6.81. The number of furan rings is 1. The standard InChI is InChI=1S/C47H29N3O/c1-4-14-31(15-5-1)42-38-21-11-10-20-37(38)41(43-39-22-12-13-23-40(39)51-44(42)43)34-26-24-30-25-27-35(29-36(30)28-34)47-49-45(32-16-6-2-7-17-32)48-46(50-47)33-18-8-3-9-19-33/h1-29H. The van der Waals surface area contributed by atoms with Crippen LogP contribution in [0.2, 0.25) is 0 Å². The lowest BCUT2D eigenvalue weighted by Gasteiger charge is -2.15. The van der Waals surface area contributed by atoms with Gasteiger partial charge in [-0.2, -0.15) is 0 Å². The number of nitrogens with zero attached hydrogens (tertiary/aromatic N) is 3. The van der Waals surface area contributed by atoms with E-state index in [1.807, 2.05) is 66.7 Å². The van der Waals surface area contributed by atoms with Crippen molar-refractivity contribution >= 4 is 43.5 Å². The maximum absolute atomic E-state index is 6.75. The summed E-state index contributed by atoms with van der Waals surface area (Å²) in [7, 11) is 0. The van der Waals surface area contributed by atoms with E-state index in [0.717, 1.165) is 77.0 Å². The maximum atomic E-state index is 6.75. The largest absolute Gasteiger partial charge is 0.455 e. The van der Waals surface area contributed by atoms with Crippen LogP contribution in [-0.4, -0.2) is 15.0 Å². The average Bonchev–Trinajstić information content (AvgIpc) is 3.59. The van der Waals surface area contributed by atoms with Crippen molar-refractivity contribution in [2.75, 3.05) is 0 Å². The van der Waals surface area contributed by atoms with E-state index in [4.69, 9.17) is 19.4 Å². The highest BCUT2D eigenvalue weighted by atomic mass is 16.3. The number of benzene rings is 8. The Balaban J connectivity index is 1.21. The highest BCUT2D eigenvalue weighted by molar-refractivity contribution is 6.26. The van der Waals surface area contributed by atoms with Crippen molar-refractivity contribution in [3.8, 4) is 56.4 Å². The first-order valence-corrected chi connectivity index (χ1v) is 17.1. The van der Waals surface area contributed by atoms with Crippen LogP contribution in [0.25, 0.3) is 99.9 Å². The first kappa shape index (κ1) is 29.0. The molecule has 238 valence electrons. The topological polar surface area (TPSA) is 51.8 Å². The van der Waals surface area contributed by atoms with Gasteiger partial charge in [0.15, 0.2) is 17.5 Å². The van der Waals surface area contributed by atoms with Crippen molar-refractivity contribution in [2.24, 2.45) is 0 Å². The molecule has 8 aromatic carbocycles. The predicted molar refractivity (Wildman–Crippen MR) is 209 cm³/mol. The van der Waals surface area contributed by atoms with E-state index in [2.05, 4.69) is 109 Å². The molecule has 0 aliphatic carbocycles. The number of hydrogen-bond donors (Lipinski definition) is 0. The fraction of sp³-hybridized carbons (Fsp3) is 0. The number of rotatable bonds is 5. The van der Waals surface area contributed by atoms with Gasteiger partial charge in [-0.25, -0.2) is 15.0 Å². The molecule has 4 nitrogen and oxygen atoms in total. The molecule has 0 radical (unpaired) electrons. The van der Waals surface area contributed by atoms with E-state index in [-0.39, 0.29) is 0 Å². The van der Waals surface area contributed by atoms with Crippen molar-refractivity contribution in [3.05, 3.63) is 176 Å². The van der Waals surface area contributed by atoms with Gasteiger partial charge < -0.3 is 4.42 Å². The molecule has 0 N–H and O–H groups in total. The van der Waals surface area contributed by atoms with Gasteiger partial charge in [-0.3, -0.25) is 0 Å². The van der Waals surface area contributed by atoms with Gasteiger partial charge in [-0.05, 0) is 50.9 Å². The van der Waals surface area contributed by atoms with Crippen LogP contribution in [-0.2, 0) is 0 Å². The minimum Gasteiger partial charge on any atom is -0.455 e. The van der Waals surface area contributed by atoms with Crippen LogP contribution in [0.5, 0.6) is 0 Å². The van der Waals surface area contributed by atoms with Crippen LogP contribution < -0.4 is 0 Å². The Hall–Kier alpha value is -6.91. The third kappa shape index (κ3) is 4.96. The molecule has 0 atom stereocenters. The smallest absolute Gasteiger partial charge is 0.164 e. The monoisotopic (exact) mass is 651 g/mol. The van der Waals surface area contributed by atoms with Crippen molar-refractivity contribution in [1.82, 2.24) is 15.0 Å². The molecule has 0 fully saturated rings. The normalized spacial score (nSPS) is 11.5. The summed E-state index contributed by atoms with van der Waals surface area (Å²) < 4.78 is 6.75. The molecule has 51 heavy (non-hydrogen) atoms. The lowest BCUT2D eigenvalue weighted by molar-refractivity contribution is 0.670. The molecule has 0 spiro atoms. The summed E-state index contributed by atoms with van der Waals surface area (Å²) >= 11 is 0. The molecule has 0 aliphatic heterocycles. The second-order valence-corrected chi connectivity index (χ2v) is 12.8. The zero-order chi connectivity index (χ0) is 33.7. The quantitative estimate of drug-likeness (QED) is 0.186. The van der Waals surface area contributed by atoms with Gasteiger partial charge in [-0.1, -0.05) is 158 Å². The van der Waals surface area contributed by atoms with Crippen LogP contribution in [0.3, 0.4) is 0 Å². The molecule has 0 bridgehead atoms. The van der Waals surface area contributed by atoms with Gasteiger partial charge >= 0.3 is 0 Å². The number of para-hydroxylation sites is 1. The highest BCUT2D eigenvalue weighted by Crippen LogP contribution is 2.47. The van der Waals surface area contributed by atoms with Crippen molar-refractivity contribution < 1.29 is 4.42 Å².